The topological polar surface area (TPSA) is 88.0 Å². The molecule has 0 spiro atoms. The van der Waals surface area contributed by atoms with Gasteiger partial charge in [0, 0.05) is 30.6 Å². The minimum atomic E-state index is -0.383. The average Bonchev–Trinajstić information content (AvgIpc) is 2.49. The lowest BCUT2D eigenvalue weighted by molar-refractivity contribution is 0.102. The normalized spacial score (nSPS) is 9.45. The zero-order valence-corrected chi connectivity index (χ0v) is 10.6. The molecule has 0 bridgehead atoms. The van der Waals surface area contributed by atoms with Crippen LogP contribution in [0.25, 0.3) is 0 Å². The summed E-state index contributed by atoms with van der Waals surface area (Å²) in [7, 11) is 0. The summed E-state index contributed by atoms with van der Waals surface area (Å²) in [5.74, 6) is 5.67. The summed E-state index contributed by atoms with van der Waals surface area (Å²) in [6.07, 6.45) is 6.27. The number of aliphatic hydroxyl groups excluding tert-OH is 1. The van der Waals surface area contributed by atoms with E-state index in [9.17, 15) is 4.79 Å². The highest BCUT2D eigenvalue weighted by Crippen LogP contribution is 2.07. The number of carbonyl (C=O) groups excluding carboxylic acids is 1. The second-order valence-corrected chi connectivity index (χ2v) is 3.75. The van der Waals surface area contributed by atoms with Gasteiger partial charge in [-0.25, -0.2) is 9.97 Å². The summed E-state index contributed by atoms with van der Waals surface area (Å²) in [6.45, 7) is 0.0222. The molecule has 0 saturated carbocycles. The lowest BCUT2D eigenvalue weighted by atomic mass is 10.2. The molecule has 0 atom stereocenters. The van der Waals surface area contributed by atoms with E-state index in [-0.39, 0.29) is 18.2 Å². The molecular weight excluding hydrogens is 256 g/mol. The molecule has 100 valence electrons. The fourth-order valence-corrected chi connectivity index (χ4v) is 1.39. The Hall–Kier alpha value is -2.78. The molecule has 0 aliphatic rings. The van der Waals surface area contributed by atoms with Crippen molar-refractivity contribution in [3.63, 3.8) is 0 Å². The largest absolute Gasteiger partial charge is 0.395 e. The third kappa shape index (κ3) is 3.86. The van der Waals surface area contributed by atoms with Crippen LogP contribution in [-0.4, -0.2) is 32.6 Å². The Balaban J connectivity index is 2.09. The number of hydrogen-bond acceptors (Lipinski definition) is 5. The quantitative estimate of drug-likeness (QED) is 0.806. The standard InChI is InChI=1S/C14H12N4O2/c19-8-2-1-3-11-4-5-17-13(9-11)18-14(20)12-10-15-6-7-16-12/h4-7,9-10,19H,2,8H2,(H,17,18,20). The molecule has 20 heavy (non-hydrogen) atoms. The third-order valence-electron chi connectivity index (χ3n) is 2.27. The summed E-state index contributed by atoms with van der Waals surface area (Å²) in [4.78, 5) is 23.6. The van der Waals surface area contributed by atoms with E-state index in [2.05, 4.69) is 32.1 Å². The summed E-state index contributed by atoms with van der Waals surface area (Å²) in [6, 6.07) is 3.38. The first kappa shape index (κ1) is 13.6. The van der Waals surface area contributed by atoms with Crippen LogP contribution in [0.3, 0.4) is 0 Å². The smallest absolute Gasteiger partial charge is 0.277 e. The average molecular weight is 268 g/mol. The number of nitrogens with zero attached hydrogens (tertiary/aromatic N) is 3. The van der Waals surface area contributed by atoms with Crippen molar-refractivity contribution in [2.75, 3.05) is 11.9 Å². The van der Waals surface area contributed by atoms with Crippen LogP contribution in [0.15, 0.2) is 36.9 Å². The zero-order valence-electron chi connectivity index (χ0n) is 10.6. The second kappa shape index (κ2) is 6.97. The highest BCUT2D eigenvalue weighted by molar-refractivity contribution is 6.02. The molecule has 2 aromatic rings. The number of aliphatic hydroxyl groups is 1. The molecule has 0 aliphatic carbocycles. The van der Waals surface area contributed by atoms with Crippen molar-refractivity contribution in [3.05, 3.63) is 48.2 Å². The maximum atomic E-state index is 11.9. The van der Waals surface area contributed by atoms with Crippen molar-refractivity contribution < 1.29 is 9.90 Å². The highest BCUT2D eigenvalue weighted by atomic mass is 16.2. The number of amides is 1. The van der Waals surface area contributed by atoms with E-state index < -0.39 is 0 Å². The first-order valence-electron chi connectivity index (χ1n) is 5.93. The molecule has 6 nitrogen and oxygen atoms in total. The summed E-state index contributed by atoms with van der Waals surface area (Å²) < 4.78 is 0. The lowest BCUT2D eigenvalue weighted by Gasteiger charge is -2.03. The molecular formula is C14H12N4O2. The van der Waals surface area contributed by atoms with Gasteiger partial charge in [-0.05, 0) is 12.1 Å². The molecule has 0 unspecified atom stereocenters. The van der Waals surface area contributed by atoms with Gasteiger partial charge in [0.2, 0.25) is 0 Å². The zero-order chi connectivity index (χ0) is 14.2. The van der Waals surface area contributed by atoms with Crippen molar-refractivity contribution >= 4 is 11.7 Å². The summed E-state index contributed by atoms with van der Waals surface area (Å²) in [5, 5.41) is 11.3. The van der Waals surface area contributed by atoms with Crippen LogP contribution in [0, 0.1) is 11.8 Å². The van der Waals surface area contributed by atoms with Gasteiger partial charge in [-0.1, -0.05) is 11.8 Å². The Morgan fingerprint density at radius 2 is 2.20 bits per heavy atom. The number of carbonyl (C=O) groups is 1. The van der Waals surface area contributed by atoms with Crippen molar-refractivity contribution in [2.45, 2.75) is 6.42 Å². The highest BCUT2D eigenvalue weighted by Gasteiger charge is 2.07. The van der Waals surface area contributed by atoms with Gasteiger partial charge in [-0.3, -0.25) is 9.78 Å². The van der Waals surface area contributed by atoms with E-state index >= 15 is 0 Å². The van der Waals surface area contributed by atoms with Gasteiger partial charge in [0.25, 0.3) is 5.91 Å². The van der Waals surface area contributed by atoms with Gasteiger partial charge in [-0.15, -0.1) is 0 Å². The number of rotatable bonds is 3. The minimum Gasteiger partial charge on any atom is -0.395 e. The van der Waals surface area contributed by atoms with Crippen molar-refractivity contribution in [3.8, 4) is 11.8 Å². The van der Waals surface area contributed by atoms with Gasteiger partial charge < -0.3 is 10.4 Å². The van der Waals surface area contributed by atoms with E-state index in [1.807, 2.05) is 0 Å². The van der Waals surface area contributed by atoms with Crippen LogP contribution >= 0.6 is 0 Å². The number of nitrogens with one attached hydrogen (secondary N) is 1. The molecule has 2 N–H and O–H groups in total. The first-order chi connectivity index (χ1) is 9.79. The fourth-order valence-electron chi connectivity index (χ4n) is 1.39. The van der Waals surface area contributed by atoms with E-state index in [1.165, 1.54) is 18.6 Å². The van der Waals surface area contributed by atoms with Crippen molar-refractivity contribution in [2.24, 2.45) is 0 Å². The molecule has 2 rings (SSSR count). The minimum absolute atomic E-state index is 0.0222. The Morgan fingerprint density at radius 1 is 1.30 bits per heavy atom. The Labute approximate surface area is 115 Å². The number of aromatic nitrogens is 3. The number of pyridine rings is 1. The predicted molar refractivity (Wildman–Crippen MR) is 72.8 cm³/mol. The van der Waals surface area contributed by atoms with Gasteiger partial charge in [0.1, 0.15) is 11.5 Å². The van der Waals surface area contributed by atoms with Gasteiger partial charge in [0.15, 0.2) is 0 Å². The van der Waals surface area contributed by atoms with Crippen LogP contribution in [0.2, 0.25) is 0 Å². The first-order valence-corrected chi connectivity index (χ1v) is 5.93. The summed E-state index contributed by atoms with van der Waals surface area (Å²) in [5.41, 5.74) is 0.925. The third-order valence-corrected chi connectivity index (χ3v) is 2.27. The van der Waals surface area contributed by atoms with E-state index in [4.69, 9.17) is 5.11 Å². The summed E-state index contributed by atoms with van der Waals surface area (Å²) >= 11 is 0. The molecule has 1 amide bonds. The van der Waals surface area contributed by atoms with Crippen molar-refractivity contribution in [1.29, 1.82) is 0 Å². The Morgan fingerprint density at radius 3 is 2.95 bits per heavy atom. The maximum absolute atomic E-state index is 11.9. The lowest BCUT2D eigenvalue weighted by Crippen LogP contribution is -2.14. The number of anilines is 1. The second-order valence-electron chi connectivity index (χ2n) is 3.75. The molecule has 0 radical (unpaired) electrons. The van der Waals surface area contributed by atoms with Crippen LogP contribution in [0.4, 0.5) is 5.82 Å². The van der Waals surface area contributed by atoms with Crippen LogP contribution < -0.4 is 5.32 Å². The molecule has 0 aliphatic heterocycles. The molecule has 6 heteroatoms. The SMILES string of the molecule is O=C(Nc1cc(C#CCCO)ccn1)c1cnccn1. The van der Waals surface area contributed by atoms with Gasteiger partial charge >= 0.3 is 0 Å². The van der Waals surface area contributed by atoms with E-state index in [0.717, 1.165) is 0 Å². The van der Waals surface area contributed by atoms with E-state index in [1.54, 1.807) is 18.3 Å². The Kier molecular flexibility index (Phi) is 4.76. The van der Waals surface area contributed by atoms with E-state index in [0.29, 0.717) is 17.8 Å². The molecule has 0 aromatic carbocycles. The van der Waals surface area contributed by atoms with Crippen LogP contribution in [0.1, 0.15) is 22.5 Å². The maximum Gasteiger partial charge on any atom is 0.277 e. The fraction of sp³-hybridized carbons (Fsp3) is 0.143. The predicted octanol–water partition coefficient (Wildman–Crippen LogP) is 0.858. The molecule has 0 fully saturated rings. The van der Waals surface area contributed by atoms with Gasteiger partial charge in [0.05, 0.1) is 12.8 Å². The van der Waals surface area contributed by atoms with Gasteiger partial charge in [-0.2, -0.15) is 0 Å². The van der Waals surface area contributed by atoms with Crippen LogP contribution in [0.5, 0.6) is 0 Å². The monoisotopic (exact) mass is 268 g/mol. The molecule has 2 heterocycles. The molecule has 0 saturated heterocycles. The van der Waals surface area contributed by atoms with Crippen LogP contribution in [-0.2, 0) is 0 Å². The molecule has 2 aromatic heterocycles. The number of hydrogen-bond donors (Lipinski definition) is 2. The van der Waals surface area contributed by atoms with Crippen molar-refractivity contribution in [1.82, 2.24) is 15.0 Å². The Bertz CT molecular complexity index is 647.